The van der Waals surface area contributed by atoms with Crippen molar-refractivity contribution in [3.63, 3.8) is 0 Å². The summed E-state index contributed by atoms with van der Waals surface area (Å²) in [5.74, 6) is -2.21. The predicted molar refractivity (Wildman–Crippen MR) is 130 cm³/mol. The first kappa shape index (κ1) is 25.6. The minimum atomic E-state index is -0.919. The van der Waals surface area contributed by atoms with Gasteiger partial charge in [-0.1, -0.05) is 42.5 Å². The molecule has 3 atom stereocenters. The van der Waals surface area contributed by atoms with Crippen molar-refractivity contribution in [3.05, 3.63) is 98.4 Å². The van der Waals surface area contributed by atoms with Crippen molar-refractivity contribution >= 4 is 17.6 Å². The van der Waals surface area contributed by atoms with Gasteiger partial charge in [0.2, 0.25) is 0 Å². The number of methoxy groups -OCH3 is 1. The highest BCUT2D eigenvalue weighted by Crippen LogP contribution is 2.41. The molecule has 1 aliphatic heterocycles. The van der Waals surface area contributed by atoms with Gasteiger partial charge in [-0.2, -0.15) is 0 Å². The molecular weight excluding hydrogens is 450 g/mol. The van der Waals surface area contributed by atoms with Crippen molar-refractivity contribution in [2.75, 3.05) is 14.2 Å². The van der Waals surface area contributed by atoms with Gasteiger partial charge in [0.05, 0.1) is 29.1 Å². The molecule has 2 aromatic rings. The first-order valence-corrected chi connectivity index (χ1v) is 11.1. The molecule has 2 aromatic carbocycles. The van der Waals surface area contributed by atoms with Crippen LogP contribution in [0.2, 0.25) is 0 Å². The van der Waals surface area contributed by atoms with Crippen LogP contribution in [0.15, 0.2) is 77.1 Å². The van der Waals surface area contributed by atoms with Crippen molar-refractivity contribution in [1.29, 1.82) is 0 Å². The molecule has 0 saturated carbocycles. The van der Waals surface area contributed by atoms with Crippen LogP contribution >= 0.6 is 0 Å². The Morgan fingerprint density at radius 3 is 2.23 bits per heavy atom. The van der Waals surface area contributed by atoms with Crippen LogP contribution in [0.1, 0.15) is 43.9 Å². The van der Waals surface area contributed by atoms with Gasteiger partial charge in [0.1, 0.15) is 6.10 Å². The molecule has 0 aromatic heterocycles. The van der Waals surface area contributed by atoms with Crippen LogP contribution in [0.5, 0.6) is 0 Å². The SMILES string of the molecule is CN[C@@H](C)[C@H](OC(=O)C1=C(C)NC(C)=C(C(=O)OC)[C@H]1c1cccc([N+](=O)[O-])c1)c1ccccc1. The number of ether oxygens (including phenoxy) is 2. The number of nitrogens with zero attached hydrogens (tertiary/aromatic N) is 1. The quantitative estimate of drug-likeness (QED) is 0.332. The lowest BCUT2D eigenvalue weighted by atomic mass is 9.80. The van der Waals surface area contributed by atoms with Gasteiger partial charge >= 0.3 is 11.9 Å². The van der Waals surface area contributed by atoms with E-state index in [2.05, 4.69) is 10.6 Å². The smallest absolute Gasteiger partial charge is 0.337 e. The number of nitro groups is 1. The second-order valence-electron chi connectivity index (χ2n) is 8.29. The number of benzene rings is 2. The topological polar surface area (TPSA) is 120 Å². The molecule has 9 nitrogen and oxygen atoms in total. The van der Waals surface area contributed by atoms with Crippen LogP contribution in [0.4, 0.5) is 5.69 Å². The number of rotatable bonds is 8. The lowest BCUT2D eigenvalue weighted by Gasteiger charge is -2.32. The highest BCUT2D eigenvalue weighted by molar-refractivity contribution is 6.00. The van der Waals surface area contributed by atoms with Crippen LogP contribution in [0.25, 0.3) is 0 Å². The summed E-state index contributed by atoms with van der Waals surface area (Å²) in [7, 11) is 3.02. The molecule has 0 saturated heterocycles. The molecule has 9 heteroatoms. The Hall–Kier alpha value is -3.98. The van der Waals surface area contributed by atoms with E-state index < -0.39 is 28.9 Å². The molecule has 0 unspecified atom stereocenters. The molecule has 0 radical (unpaired) electrons. The van der Waals surface area contributed by atoms with E-state index in [1.807, 2.05) is 37.3 Å². The fraction of sp³-hybridized carbons (Fsp3) is 0.308. The van der Waals surface area contributed by atoms with E-state index in [4.69, 9.17) is 9.47 Å². The number of non-ortho nitro benzene ring substituents is 1. The summed E-state index contributed by atoms with van der Waals surface area (Å²) in [4.78, 5) is 37.5. The van der Waals surface area contributed by atoms with Crippen LogP contribution in [0, 0.1) is 10.1 Å². The van der Waals surface area contributed by atoms with Gasteiger partial charge < -0.3 is 20.1 Å². The summed E-state index contributed by atoms with van der Waals surface area (Å²) in [6.45, 7) is 5.29. The number of nitrogens with one attached hydrogen (secondary N) is 2. The number of carbonyl (C=O) groups excluding carboxylic acids is 2. The first-order chi connectivity index (χ1) is 16.7. The number of allylic oxidation sites excluding steroid dienone is 2. The van der Waals surface area contributed by atoms with Crippen LogP contribution < -0.4 is 10.6 Å². The van der Waals surface area contributed by atoms with Gasteiger partial charge in [-0.25, -0.2) is 9.59 Å². The number of dihydropyridines is 1. The second-order valence-corrected chi connectivity index (χ2v) is 8.29. The van der Waals surface area contributed by atoms with Gasteiger partial charge in [-0.3, -0.25) is 10.1 Å². The molecule has 0 amide bonds. The molecule has 0 fully saturated rings. The van der Waals surface area contributed by atoms with E-state index in [1.165, 1.54) is 25.3 Å². The second kappa shape index (κ2) is 11.0. The van der Waals surface area contributed by atoms with E-state index in [1.54, 1.807) is 27.0 Å². The Bertz CT molecular complexity index is 1190. The van der Waals surface area contributed by atoms with E-state index in [-0.39, 0.29) is 22.9 Å². The molecule has 3 rings (SSSR count). The van der Waals surface area contributed by atoms with Crippen molar-refractivity contribution in [2.24, 2.45) is 0 Å². The van der Waals surface area contributed by atoms with Gasteiger partial charge in [-0.05, 0) is 38.9 Å². The summed E-state index contributed by atoms with van der Waals surface area (Å²) in [6, 6.07) is 15.0. The highest BCUT2D eigenvalue weighted by Gasteiger charge is 2.39. The molecule has 0 aliphatic carbocycles. The summed E-state index contributed by atoms with van der Waals surface area (Å²) in [5.41, 5.74) is 2.40. The number of likely N-dealkylation sites (N-methyl/N-ethyl adjacent to an activating group) is 1. The van der Waals surface area contributed by atoms with Crippen LogP contribution in [-0.2, 0) is 19.1 Å². The maximum Gasteiger partial charge on any atom is 0.337 e. The zero-order valence-electron chi connectivity index (χ0n) is 20.3. The third-order valence-corrected chi connectivity index (χ3v) is 6.07. The Kier molecular flexibility index (Phi) is 8.03. The van der Waals surface area contributed by atoms with E-state index in [0.29, 0.717) is 17.0 Å². The summed E-state index contributed by atoms with van der Waals surface area (Å²) < 4.78 is 11.0. The fourth-order valence-corrected chi connectivity index (χ4v) is 4.23. The number of hydrogen-bond acceptors (Lipinski definition) is 8. The standard InChI is InChI=1S/C26H29N3O6/c1-15-21(25(30)34-5)23(19-12-9-13-20(14-19)29(32)33)22(16(2)28-15)26(31)35-24(17(3)27-4)18-10-7-6-8-11-18/h6-14,17,23-24,27-28H,1-5H3/t17-,23+,24-/m0/s1. The first-order valence-electron chi connectivity index (χ1n) is 11.1. The third kappa shape index (κ3) is 5.41. The summed E-state index contributed by atoms with van der Waals surface area (Å²) in [5, 5.41) is 17.6. The summed E-state index contributed by atoms with van der Waals surface area (Å²) >= 11 is 0. The van der Waals surface area contributed by atoms with Gasteiger partial charge in [0.15, 0.2) is 0 Å². The zero-order chi connectivity index (χ0) is 25.7. The van der Waals surface area contributed by atoms with Gasteiger partial charge in [-0.15, -0.1) is 0 Å². The largest absolute Gasteiger partial charge is 0.466 e. The molecule has 35 heavy (non-hydrogen) atoms. The van der Waals surface area contributed by atoms with E-state index in [0.717, 1.165) is 5.56 Å². The molecule has 0 spiro atoms. The minimum Gasteiger partial charge on any atom is -0.466 e. The number of hydrogen-bond donors (Lipinski definition) is 2. The Morgan fingerprint density at radius 2 is 1.66 bits per heavy atom. The fourth-order valence-electron chi connectivity index (χ4n) is 4.23. The van der Waals surface area contributed by atoms with Crippen molar-refractivity contribution < 1.29 is 24.0 Å². The maximum absolute atomic E-state index is 13.7. The van der Waals surface area contributed by atoms with Crippen LogP contribution in [-0.4, -0.2) is 37.1 Å². The van der Waals surface area contributed by atoms with Crippen molar-refractivity contribution in [2.45, 2.75) is 38.8 Å². The van der Waals surface area contributed by atoms with Gasteiger partial charge in [0.25, 0.3) is 5.69 Å². The Morgan fingerprint density at radius 1 is 1.03 bits per heavy atom. The lowest BCUT2D eigenvalue weighted by molar-refractivity contribution is -0.384. The molecule has 184 valence electrons. The minimum absolute atomic E-state index is 0.153. The molecule has 1 heterocycles. The Labute approximate surface area is 204 Å². The van der Waals surface area contributed by atoms with Crippen molar-refractivity contribution in [3.8, 4) is 0 Å². The number of esters is 2. The average Bonchev–Trinajstić information content (AvgIpc) is 2.86. The molecule has 0 bridgehead atoms. The number of nitro benzene ring substituents is 1. The summed E-state index contributed by atoms with van der Waals surface area (Å²) in [6.07, 6.45) is -0.617. The van der Waals surface area contributed by atoms with Crippen molar-refractivity contribution in [1.82, 2.24) is 10.6 Å². The van der Waals surface area contributed by atoms with E-state index in [9.17, 15) is 19.7 Å². The monoisotopic (exact) mass is 479 g/mol. The average molecular weight is 480 g/mol. The molecular formula is C26H29N3O6. The lowest BCUT2D eigenvalue weighted by Crippen LogP contribution is -2.36. The highest BCUT2D eigenvalue weighted by atomic mass is 16.6. The zero-order valence-corrected chi connectivity index (χ0v) is 20.3. The number of carbonyl (C=O) groups is 2. The van der Waals surface area contributed by atoms with Crippen LogP contribution in [0.3, 0.4) is 0 Å². The maximum atomic E-state index is 13.7. The molecule has 1 aliphatic rings. The predicted octanol–water partition coefficient (Wildman–Crippen LogP) is 3.90. The van der Waals surface area contributed by atoms with E-state index >= 15 is 0 Å². The molecule has 2 N–H and O–H groups in total. The van der Waals surface area contributed by atoms with Gasteiger partial charge in [0, 0.05) is 29.6 Å². The Balaban J connectivity index is 2.12. The normalized spacial score (nSPS) is 17.3. The third-order valence-electron chi connectivity index (χ3n) is 6.07.